The van der Waals surface area contributed by atoms with Crippen molar-refractivity contribution in [3.63, 3.8) is 0 Å². The fraction of sp³-hybridized carbons (Fsp3) is 0.917. The van der Waals surface area contributed by atoms with Crippen molar-refractivity contribution < 1.29 is 23.0 Å². The molecule has 5 nitrogen and oxygen atoms in total. The maximum atomic E-state index is 12.0. The minimum absolute atomic E-state index is 0.0214. The van der Waals surface area contributed by atoms with Gasteiger partial charge in [0.25, 0.3) is 0 Å². The van der Waals surface area contributed by atoms with Crippen molar-refractivity contribution in [2.24, 2.45) is 5.92 Å². The summed E-state index contributed by atoms with van der Waals surface area (Å²) in [4.78, 5) is 15.9. The average Bonchev–Trinajstić information content (AvgIpc) is 2.73. The Kier molecular flexibility index (Phi) is 3.68. The van der Waals surface area contributed by atoms with Gasteiger partial charge >= 0.3 is 6.61 Å². The molecule has 3 heterocycles. The Balaban J connectivity index is 1.37. The van der Waals surface area contributed by atoms with E-state index in [0.717, 1.165) is 32.7 Å². The molecule has 3 fully saturated rings. The Labute approximate surface area is 110 Å². The van der Waals surface area contributed by atoms with Crippen molar-refractivity contribution in [2.75, 3.05) is 39.4 Å². The van der Waals surface area contributed by atoms with Crippen LogP contribution in [0.15, 0.2) is 0 Å². The third kappa shape index (κ3) is 2.73. The van der Waals surface area contributed by atoms with E-state index in [4.69, 9.17) is 4.74 Å². The summed E-state index contributed by atoms with van der Waals surface area (Å²) in [5.41, 5.74) is 0. The molecule has 3 saturated heterocycles. The fourth-order valence-corrected chi connectivity index (χ4v) is 2.88. The predicted octanol–water partition coefficient (Wildman–Crippen LogP) is 0.157. The second-order valence-corrected chi connectivity index (χ2v) is 5.43. The molecule has 0 aromatic rings. The third-order valence-corrected chi connectivity index (χ3v) is 4.14. The minimum atomic E-state index is -2.75. The van der Waals surface area contributed by atoms with Crippen molar-refractivity contribution >= 4 is 5.91 Å². The van der Waals surface area contributed by atoms with E-state index in [1.54, 1.807) is 4.90 Å². The second kappa shape index (κ2) is 5.30. The van der Waals surface area contributed by atoms with E-state index in [9.17, 15) is 13.6 Å². The molecule has 0 saturated carbocycles. The molecule has 0 spiro atoms. The van der Waals surface area contributed by atoms with Crippen molar-refractivity contribution in [1.29, 1.82) is 0 Å². The maximum Gasteiger partial charge on any atom is 0.345 e. The van der Waals surface area contributed by atoms with Crippen LogP contribution >= 0.6 is 0 Å². The summed E-state index contributed by atoms with van der Waals surface area (Å²) in [5, 5.41) is 0. The van der Waals surface area contributed by atoms with Crippen LogP contribution in [0.4, 0.5) is 8.78 Å². The summed E-state index contributed by atoms with van der Waals surface area (Å²) < 4.78 is 33.6. The summed E-state index contributed by atoms with van der Waals surface area (Å²) in [6.45, 7) is 0.947. The van der Waals surface area contributed by atoms with E-state index >= 15 is 0 Å². The summed E-state index contributed by atoms with van der Waals surface area (Å²) in [6.07, 6.45) is 0.540. The van der Waals surface area contributed by atoms with Gasteiger partial charge in [-0.15, -0.1) is 0 Å². The fourth-order valence-electron chi connectivity index (χ4n) is 2.88. The number of alkyl halides is 2. The number of rotatable bonds is 4. The molecule has 3 aliphatic heterocycles. The van der Waals surface area contributed by atoms with E-state index in [2.05, 4.69) is 9.64 Å². The predicted molar refractivity (Wildman–Crippen MR) is 61.7 cm³/mol. The molecular formula is C12H18F2N2O3. The van der Waals surface area contributed by atoms with E-state index in [1.165, 1.54) is 0 Å². The molecule has 0 radical (unpaired) electrons. The lowest BCUT2D eigenvalue weighted by atomic mass is 9.94. The van der Waals surface area contributed by atoms with Crippen LogP contribution in [-0.4, -0.2) is 73.9 Å². The summed E-state index contributed by atoms with van der Waals surface area (Å²) in [6, 6.07) is 0.454. The van der Waals surface area contributed by atoms with Crippen molar-refractivity contribution in [3.05, 3.63) is 0 Å². The number of amides is 1. The Bertz CT molecular complexity index is 338. The first kappa shape index (κ1) is 13.2. The van der Waals surface area contributed by atoms with E-state index in [-0.39, 0.29) is 11.8 Å². The average molecular weight is 276 g/mol. The SMILES string of the molecule is O=C(C1CN(C2CCOC2)C1)N1CC(OC(F)F)C1. The van der Waals surface area contributed by atoms with E-state index < -0.39 is 12.7 Å². The first-order valence-corrected chi connectivity index (χ1v) is 6.67. The van der Waals surface area contributed by atoms with Crippen LogP contribution in [-0.2, 0) is 14.3 Å². The Morgan fingerprint density at radius 1 is 1.26 bits per heavy atom. The van der Waals surface area contributed by atoms with Crippen LogP contribution in [0.1, 0.15) is 6.42 Å². The normalized spacial score (nSPS) is 29.6. The van der Waals surface area contributed by atoms with Crippen LogP contribution in [0, 0.1) is 5.92 Å². The van der Waals surface area contributed by atoms with Gasteiger partial charge in [0.15, 0.2) is 0 Å². The Morgan fingerprint density at radius 3 is 2.58 bits per heavy atom. The standard InChI is InChI=1S/C12H18F2N2O3/c13-12(14)19-10-5-16(6-10)11(17)8-3-15(4-8)9-1-2-18-7-9/h8-10,12H,1-7H2. The molecule has 1 atom stereocenters. The van der Waals surface area contributed by atoms with Gasteiger partial charge in [0, 0.05) is 38.8 Å². The highest BCUT2D eigenvalue weighted by Gasteiger charge is 2.43. The lowest BCUT2D eigenvalue weighted by Crippen LogP contribution is -2.63. The molecule has 0 N–H and O–H groups in total. The lowest BCUT2D eigenvalue weighted by molar-refractivity contribution is -0.202. The second-order valence-electron chi connectivity index (χ2n) is 5.43. The number of hydrogen-bond acceptors (Lipinski definition) is 4. The first-order valence-electron chi connectivity index (χ1n) is 6.67. The number of carbonyl (C=O) groups is 1. The highest BCUT2D eigenvalue weighted by molar-refractivity contribution is 5.81. The number of likely N-dealkylation sites (tertiary alicyclic amines) is 2. The maximum absolute atomic E-state index is 12.0. The molecule has 108 valence electrons. The van der Waals surface area contributed by atoms with Gasteiger partial charge in [0.2, 0.25) is 5.91 Å². The van der Waals surface area contributed by atoms with Gasteiger partial charge in [-0.1, -0.05) is 0 Å². The Morgan fingerprint density at radius 2 is 2.00 bits per heavy atom. The highest BCUT2D eigenvalue weighted by atomic mass is 19.3. The third-order valence-electron chi connectivity index (χ3n) is 4.14. The molecule has 0 aliphatic carbocycles. The molecule has 3 rings (SSSR count). The van der Waals surface area contributed by atoms with Gasteiger partial charge in [-0.25, -0.2) is 0 Å². The molecule has 0 aromatic heterocycles. The lowest BCUT2D eigenvalue weighted by Gasteiger charge is -2.47. The zero-order chi connectivity index (χ0) is 13.4. The molecule has 3 aliphatic rings. The molecule has 1 unspecified atom stereocenters. The van der Waals surface area contributed by atoms with Gasteiger partial charge in [-0.05, 0) is 6.42 Å². The minimum Gasteiger partial charge on any atom is -0.380 e. The molecule has 0 aromatic carbocycles. The zero-order valence-corrected chi connectivity index (χ0v) is 10.6. The molecule has 1 amide bonds. The Hall–Kier alpha value is -0.790. The van der Waals surface area contributed by atoms with Gasteiger partial charge in [-0.3, -0.25) is 9.69 Å². The molecule has 19 heavy (non-hydrogen) atoms. The number of nitrogens with zero attached hydrogens (tertiary/aromatic N) is 2. The van der Waals surface area contributed by atoms with Crippen LogP contribution in [0.5, 0.6) is 0 Å². The van der Waals surface area contributed by atoms with E-state index in [1.807, 2.05) is 0 Å². The van der Waals surface area contributed by atoms with Gasteiger partial charge in [-0.2, -0.15) is 8.78 Å². The van der Waals surface area contributed by atoms with Gasteiger partial charge < -0.3 is 14.4 Å². The quantitative estimate of drug-likeness (QED) is 0.733. The van der Waals surface area contributed by atoms with Crippen LogP contribution in [0.3, 0.4) is 0 Å². The van der Waals surface area contributed by atoms with Crippen molar-refractivity contribution in [2.45, 2.75) is 25.2 Å². The highest BCUT2D eigenvalue weighted by Crippen LogP contribution is 2.27. The van der Waals surface area contributed by atoms with Crippen LogP contribution in [0.2, 0.25) is 0 Å². The summed E-state index contributed by atoms with van der Waals surface area (Å²) >= 11 is 0. The van der Waals surface area contributed by atoms with Crippen molar-refractivity contribution in [1.82, 2.24) is 9.80 Å². The largest absolute Gasteiger partial charge is 0.380 e. The topological polar surface area (TPSA) is 42.0 Å². The van der Waals surface area contributed by atoms with Crippen molar-refractivity contribution in [3.8, 4) is 0 Å². The number of hydrogen-bond donors (Lipinski definition) is 0. The zero-order valence-electron chi connectivity index (χ0n) is 10.6. The van der Waals surface area contributed by atoms with Gasteiger partial charge in [0.05, 0.1) is 18.6 Å². The number of carbonyl (C=O) groups excluding carboxylic acids is 1. The number of halogens is 2. The number of ether oxygens (including phenoxy) is 2. The molecule has 0 bridgehead atoms. The molecular weight excluding hydrogens is 258 g/mol. The first-order chi connectivity index (χ1) is 9.13. The summed E-state index contributed by atoms with van der Waals surface area (Å²) in [7, 11) is 0. The van der Waals surface area contributed by atoms with Crippen LogP contribution < -0.4 is 0 Å². The van der Waals surface area contributed by atoms with E-state index in [0.29, 0.717) is 19.1 Å². The van der Waals surface area contributed by atoms with Gasteiger partial charge in [0.1, 0.15) is 0 Å². The molecule has 7 heteroatoms. The smallest absolute Gasteiger partial charge is 0.345 e. The van der Waals surface area contributed by atoms with Crippen LogP contribution in [0.25, 0.3) is 0 Å². The summed E-state index contributed by atoms with van der Waals surface area (Å²) in [5.74, 6) is 0.0948. The monoisotopic (exact) mass is 276 g/mol.